The highest BCUT2D eigenvalue weighted by Gasteiger charge is 2.40. The Morgan fingerprint density at radius 3 is 3.00 bits per heavy atom. The summed E-state index contributed by atoms with van der Waals surface area (Å²) in [5, 5.41) is 12.8. The molecule has 134 valence electrons. The first-order valence-electron chi connectivity index (χ1n) is 9.32. The Labute approximate surface area is 152 Å². The van der Waals surface area contributed by atoms with Gasteiger partial charge in [-0.1, -0.05) is 12.1 Å². The van der Waals surface area contributed by atoms with Crippen LogP contribution in [0, 0.1) is 5.92 Å². The number of anilines is 1. The summed E-state index contributed by atoms with van der Waals surface area (Å²) in [5.41, 5.74) is 4.96. The van der Waals surface area contributed by atoms with E-state index in [2.05, 4.69) is 28.5 Å². The Hall–Kier alpha value is -2.37. The Morgan fingerprint density at radius 2 is 2.12 bits per heavy atom. The molecule has 0 spiro atoms. The zero-order chi connectivity index (χ0) is 17.5. The second-order valence-electron chi connectivity index (χ2n) is 7.15. The molecule has 3 unspecified atom stereocenters. The van der Waals surface area contributed by atoms with E-state index in [4.69, 9.17) is 9.15 Å². The van der Waals surface area contributed by atoms with E-state index in [-0.39, 0.29) is 12.7 Å². The van der Waals surface area contributed by atoms with Gasteiger partial charge >= 0.3 is 0 Å². The quantitative estimate of drug-likeness (QED) is 0.740. The number of para-hydroxylation sites is 2. The van der Waals surface area contributed by atoms with Crippen LogP contribution in [0.3, 0.4) is 0 Å². The van der Waals surface area contributed by atoms with Gasteiger partial charge in [-0.25, -0.2) is 4.98 Å². The van der Waals surface area contributed by atoms with Crippen LogP contribution in [0.5, 0.6) is 0 Å². The molecule has 1 saturated heterocycles. The lowest BCUT2D eigenvalue weighted by Crippen LogP contribution is -2.36. The Kier molecular flexibility index (Phi) is 3.91. The summed E-state index contributed by atoms with van der Waals surface area (Å²) in [4.78, 5) is 4.62. The molecule has 3 aromatic rings. The molecule has 2 aliphatic heterocycles. The number of oxazole rings is 1. The molecule has 2 aliphatic rings. The fraction of sp³-hybridized carbons (Fsp3) is 0.381. The van der Waals surface area contributed by atoms with Gasteiger partial charge in [-0.2, -0.15) is 0 Å². The molecule has 0 amide bonds. The molecule has 3 heterocycles. The number of aromatic nitrogens is 1. The fourth-order valence-electron chi connectivity index (χ4n) is 4.30. The van der Waals surface area contributed by atoms with Crippen LogP contribution in [0.1, 0.15) is 30.9 Å². The molecule has 0 saturated carbocycles. The highest BCUT2D eigenvalue weighted by atomic mass is 16.5. The number of fused-ring (bicyclic) bond motifs is 4. The lowest BCUT2D eigenvalue weighted by Gasteiger charge is -2.36. The molecule has 2 N–H and O–H groups in total. The maximum Gasteiger partial charge on any atom is 0.227 e. The third kappa shape index (κ3) is 2.59. The van der Waals surface area contributed by atoms with Crippen molar-refractivity contribution in [3.05, 3.63) is 48.0 Å². The number of hydrogen-bond donors (Lipinski definition) is 2. The predicted molar refractivity (Wildman–Crippen MR) is 100.0 cm³/mol. The molecule has 5 nitrogen and oxygen atoms in total. The third-order valence-corrected chi connectivity index (χ3v) is 5.57. The van der Waals surface area contributed by atoms with Gasteiger partial charge in [0, 0.05) is 42.0 Å². The fourth-order valence-corrected chi connectivity index (χ4v) is 4.30. The van der Waals surface area contributed by atoms with Crippen LogP contribution in [0.25, 0.3) is 22.6 Å². The van der Waals surface area contributed by atoms with Crippen molar-refractivity contribution in [3.63, 3.8) is 0 Å². The summed E-state index contributed by atoms with van der Waals surface area (Å²) in [7, 11) is 0. The highest BCUT2D eigenvalue weighted by molar-refractivity contribution is 5.76. The Bertz CT molecular complexity index is 903. The molecular weight excluding hydrogens is 328 g/mol. The molecule has 1 fully saturated rings. The zero-order valence-electron chi connectivity index (χ0n) is 14.5. The van der Waals surface area contributed by atoms with E-state index < -0.39 is 0 Å². The first-order valence-corrected chi connectivity index (χ1v) is 9.32. The van der Waals surface area contributed by atoms with E-state index in [1.54, 1.807) is 0 Å². The maximum atomic E-state index is 9.18. The van der Waals surface area contributed by atoms with Crippen molar-refractivity contribution in [2.24, 2.45) is 5.92 Å². The first-order chi connectivity index (χ1) is 12.8. The summed E-state index contributed by atoms with van der Waals surface area (Å²) < 4.78 is 12.0. The van der Waals surface area contributed by atoms with E-state index >= 15 is 0 Å². The van der Waals surface area contributed by atoms with E-state index in [1.165, 1.54) is 5.56 Å². The van der Waals surface area contributed by atoms with Crippen molar-refractivity contribution in [2.75, 3.05) is 18.5 Å². The predicted octanol–water partition coefficient (Wildman–Crippen LogP) is 4.14. The molecule has 1 aromatic heterocycles. The standard InChI is InChI=1S/C21H22N2O3/c24-10-3-5-16-14-9-11-25-20(14)15-12-13(7-8-17(15)22-16)21-23-18-4-1-2-6-19(18)26-21/h1-2,4,6-8,12,14,16,20,22,24H,3,5,9-11H2. The van der Waals surface area contributed by atoms with Crippen LogP contribution in [0.15, 0.2) is 46.9 Å². The summed E-state index contributed by atoms with van der Waals surface area (Å²) in [6, 6.07) is 14.5. The van der Waals surface area contributed by atoms with Crippen LogP contribution < -0.4 is 5.32 Å². The second-order valence-corrected chi connectivity index (χ2v) is 7.15. The number of nitrogens with one attached hydrogen (secondary N) is 1. The van der Waals surface area contributed by atoms with Crippen LogP contribution in [-0.4, -0.2) is 29.3 Å². The molecule has 2 aromatic carbocycles. The number of nitrogens with zero attached hydrogens (tertiary/aromatic N) is 1. The molecular formula is C21H22N2O3. The number of benzene rings is 2. The van der Waals surface area contributed by atoms with Crippen LogP contribution >= 0.6 is 0 Å². The number of hydrogen-bond acceptors (Lipinski definition) is 5. The molecule has 26 heavy (non-hydrogen) atoms. The average Bonchev–Trinajstić information content (AvgIpc) is 3.32. The second kappa shape index (κ2) is 6.41. The maximum absolute atomic E-state index is 9.18. The lowest BCUT2D eigenvalue weighted by atomic mass is 9.82. The van der Waals surface area contributed by atoms with Crippen LogP contribution in [0.4, 0.5) is 5.69 Å². The smallest absolute Gasteiger partial charge is 0.227 e. The lowest BCUT2D eigenvalue weighted by molar-refractivity contribution is 0.0813. The van der Waals surface area contributed by atoms with Crippen LogP contribution in [-0.2, 0) is 4.74 Å². The van der Waals surface area contributed by atoms with E-state index in [9.17, 15) is 5.11 Å². The average molecular weight is 350 g/mol. The van der Waals surface area contributed by atoms with E-state index in [0.717, 1.165) is 48.2 Å². The largest absolute Gasteiger partial charge is 0.436 e. The molecule has 0 aliphatic carbocycles. The molecule has 0 radical (unpaired) electrons. The van der Waals surface area contributed by atoms with Gasteiger partial charge in [0.05, 0.1) is 6.10 Å². The van der Waals surface area contributed by atoms with Crippen molar-refractivity contribution in [1.82, 2.24) is 4.98 Å². The minimum Gasteiger partial charge on any atom is -0.436 e. The monoisotopic (exact) mass is 350 g/mol. The zero-order valence-corrected chi connectivity index (χ0v) is 14.5. The molecule has 5 heteroatoms. The van der Waals surface area contributed by atoms with E-state index in [1.807, 2.05) is 24.3 Å². The first kappa shape index (κ1) is 15.9. The number of ether oxygens (including phenoxy) is 1. The summed E-state index contributed by atoms with van der Waals surface area (Å²) >= 11 is 0. The Morgan fingerprint density at radius 1 is 1.19 bits per heavy atom. The molecule has 0 bridgehead atoms. The van der Waals surface area contributed by atoms with Gasteiger partial charge in [0.2, 0.25) is 5.89 Å². The Balaban J connectivity index is 1.52. The van der Waals surface area contributed by atoms with Gasteiger partial charge in [-0.05, 0) is 49.6 Å². The van der Waals surface area contributed by atoms with Gasteiger partial charge in [0.15, 0.2) is 5.58 Å². The third-order valence-electron chi connectivity index (χ3n) is 5.57. The van der Waals surface area contributed by atoms with Gasteiger partial charge in [-0.3, -0.25) is 0 Å². The van der Waals surface area contributed by atoms with Crippen molar-refractivity contribution >= 4 is 16.8 Å². The highest BCUT2D eigenvalue weighted by Crippen LogP contribution is 2.46. The van der Waals surface area contributed by atoms with Crippen LogP contribution in [0.2, 0.25) is 0 Å². The number of aliphatic hydroxyl groups excluding tert-OH is 1. The number of rotatable bonds is 4. The normalized spacial score (nSPS) is 24.3. The summed E-state index contributed by atoms with van der Waals surface area (Å²) in [6.07, 6.45) is 2.95. The van der Waals surface area contributed by atoms with Gasteiger partial charge in [-0.15, -0.1) is 0 Å². The summed E-state index contributed by atoms with van der Waals surface area (Å²) in [5.74, 6) is 1.10. The minimum absolute atomic E-state index is 0.110. The van der Waals surface area contributed by atoms with Gasteiger partial charge in [0.1, 0.15) is 5.52 Å². The van der Waals surface area contributed by atoms with Crippen molar-refractivity contribution in [1.29, 1.82) is 0 Å². The van der Waals surface area contributed by atoms with Crippen molar-refractivity contribution in [3.8, 4) is 11.5 Å². The number of aliphatic hydroxyl groups is 1. The molecule has 3 atom stereocenters. The summed E-state index contributed by atoms with van der Waals surface area (Å²) in [6.45, 7) is 1.03. The van der Waals surface area contributed by atoms with E-state index in [0.29, 0.717) is 17.9 Å². The van der Waals surface area contributed by atoms with Crippen molar-refractivity contribution in [2.45, 2.75) is 31.4 Å². The molecule has 5 rings (SSSR count). The van der Waals surface area contributed by atoms with Gasteiger partial charge in [0.25, 0.3) is 0 Å². The SMILES string of the molecule is OCCCC1Nc2ccc(-c3nc4ccccc4o3)cc2C2OCCC12. The van der Waals surface area contributed by atoms with Gasteiger partial charge < -0.3 is 19.6 Å². The van der Waals surface area contributed by atoms with Crippen molar-refractivity contribution < 1.29 is 14.3 Å². The topological polar surface area (TPSA) is 67.5 Å². The minimum atomic E-state index is 0.110.